The zero-order chi connectivity index (χ0) is 11.3. The van der Waals surface area contributed by atoms with Crippen molar-refractivity contribution in [1.82, 2.24) is 5.32 Å². The number of amides is 1. The maximum absolute atomic E-state index is 11.7. The van der Waals surface area contributed by atoms with Gasteiger partial charge in [0.1, 0.15) is 5.54 Å². The molecule has 0 aromatic rings. The standard InChI is InChI=1S/C12H22N2O/c1-8-6-11(2,3)7-12(8,10(13)15)14-9-4-5-9/h8-9,14H,4-7H2,1-3H3,(H2,13,15). The van der Waals surface area contributed by atoms with Gasteiger partial charge in [0.2, 0.25) is 5.91 Å². The summed E-state index contributed by atoms with van der Waals surface area (Å²) in [5.74, 6) is 0.193. The zero-order valence-electron chi connectivity index (χ0n) is 9.97. The molecule has 2 aliphatic carbocycles. The molecule has 0 aliphatic heterocycles. The second-order valence-corrected chi connectivity index (χ2v) is 6.20. The number of nitrogens with two attached hydrogens (primary N) is 1. The van der Waals surface area contributed by atoms with Crippen LogP contribution < -0.4 is 11.1 Å². The van der Waals surface area contributed by atoms with Crippen molar-refractivity contribution in [3.63, 3.8) is 0 Å². The minimum atomic E-state index is -0.440. The van der Waals surface area contributed by atoms with Gasteiger partial charge in [-0.2, -0.15) is 0 Å². The van der Waals surface area contributed by atoms with E-state index in [0.717, 1.165) is 12.8 Å². The van der Waals surface area contributed by atoms with Gasteiger partial charge in [0.15, 0.2) is 0 Å². The van der Waals surface area contributed by atoms with Crippen LogP contribution in [0, 0.1) is 11.3 Å². The fourth-order valence-corrected chi connectivity index (χ4v) is 3.19. The van der Waals surface area contributed by atoms with Crippen LogP contribution in [-0.4, -0.2) is 17.5 Å². The lowest BCUT2D eigenvalue weighted by Gasteiger charge is -2.32. The number of hydrogen-bond donors (Lipinski definition) is 2. The number of carbonyl (C=O) groups is 1. The molecule has 2 atom stereocenters. The van der Waals surface area contributed by atoms with Crippen molar-refractivity contribution in [3.8, 4) is 0 Å². The quantitative estimate of drug-likeness (QED) is 0.740. The molecule has 2 aliphatic rings. The Labute approximate surface area is 91.8 Å². The number of carbonyl (C=O) groups excluding carboxylic acids is 1. The number of nitrogens with one attached hydrogen (secondary N) is 1. The monoisotopic (exact) mass is 210 g/mol. The molecule has 2 rings (SSSR count). The maximum Gasteiger partial charge on any atom is 0.238 e. The van der Waals surface area contributed by atoms with E-state index in [2.05, 4.69) is 26.1 Å². The molecule has 15 heavy (non-hydrogen) atoms. The van der Waals surface area contributed by atoms with E-state index in [9.17, 15) is 4.79 Å². The maximum atomic E-state index is 11.7. The molecule has 2 saturated carbocycles. The smallest absolute Gasteiger partial charge is 0.238 e. The van der Waals surface area contributed by atoms with E-state index in [4.69, 9.17) is 5.73 Å². The van der Waals surface area contributed by atoms with E-state index in [0.29, 0.717) is 12.0 Å². The summed E-state index contributed by atoms with van der Waals surface area (Å²) in [5.41, 5.74) is 5.41. The van der Waals surface area contributed by atoms with Crippen LogP contribution in [-0.2, 0) is 4.79 Å². The highest BCUT2D eigenvalue weighted by Gasteiger charge is 2.54. The van der Waals surface area contributed by atoms with E-state index in [1.807, 2.05) is 0 Å². The van der Waals surface area contributed by atoms with Crippen LogP contribution in [0.25, 0.3) is 0 Å². The Hall–Kier alpha value is -0.570. The molecule has 2 fully saturated rings. The Morgan fingerprint density at radius 3 is 2.33 bits per heavy atom. The highest BCUT2D eigenvalue weighted by atomic mass is 16.1. The van der Waals surface area contributed by atoms with Gasteiger partial charge in [-0.1, -0.05) is 20.8 Å². The van der Waals surface area contributed by atoms with E-state index >= 15 is 0 Å². The summed E-state index contributed by atoms with van der Waals surface area (Å²) in [6, 6.07) is 0.536. The highest BCUT2D eigenvalue weighted by molar-refractivity contribution is 5.85. The molecule has 0 aromatic heterocycles. The van der Waals surface area contributed by atoms with Crippen molar-refractivity contribution in [1.29, 1.82) is 0 Å². The lowest BCUT2D eigenvalue weighted by Crippen LogP contribution is -2.58. The van der Waals surface area contributed by atoms with E-state index in [1.54, 1.807) is 0 Å². The summed E-state index contributed by atoms with van der Waals surface area (Å²) in [6.07, 6.45) is 4.35. The molecule has 0 heterocycles. The number of rotatable bonds is 3. The highest BCUT2D eigenvalue weighted by Crippen LogP contribution is 2.48. The summed E-state index contributed by atoms with van der Waals surface area (Å²) in [5, 5.41) is 3.50. The van der Waals surface area contributed by atoms with E-state index in [-0.39, 0.29) is 11.3 Å². The molecule has 1 amide bonds. The van der Waals surface area contributed by atoms with Crippen molar-refractivity contribution in [2.24, 2.45) is 17.1 Å². The summed E-state index contributed by atoms with van der Waals surface area (Å²) >= 11 is 0. The van der Waals surface area contributed by atoms with Gasteiger partial charge in [0.25, 0.3) is 0 Å². The predicted molar refractivity (Wildman–Crippen MR) is 60.3 cm³/mol. The number of primary amides is 1. The molecule has 0 aromatic carbocycles. The van der Waals surface area contributed by atoms with Crippen LogP contribution >= 0.6 is 0 Å². The third-order valence-corrected chi connectivity index (χ3v) is 3.94. The molecule has 3 nitrogen and oxygen atoms in total. The van der Waals surface area contributed by atoms with Gasteiger partial charge >= 0.3 is 0 Å². The van der Waals surface area contributed by atoms with Crippen LogP contribution in [0.5, 0.6) is 0 Å². The SMILES string of the molecule is CC1CC(C)(C)CC1(NC1CC1)C(N)=O. The van der Waals surface area contributed by atoms with Crippen molar-refractivity contribution in [3.05, 3.63) is 0 Å². The minimum Gasteiger partial charge on any atom is -0.368 e. The Balaban J connectivity index is 2.21. The molecule has 2 unspecified atom stereocenters. The van der Waals surface area contributed by atoms with Gasteiger partial charge in [0.05, 0.1) is 0 Å². The molecule has 0 radical (unpaired) electrons. The average molecular weight is 210 g/mol. The minimum absolute atomic E-state index is 0.160. The average Bonchev–Trinajstić information content (AvgIpc) is 2.80. The van der Waals surface area contributed by atoms with Crippen molar-refractivity contribution in [2.45, 2.75) is 58.0 Å². The predicted octanol–water partition coefficient (Wildman–Crippen LogP) is 1.42. The summed E-state index contributed by atoms with van der Waals surface area (Å²) < 4.78 is 0. The van der Waals surface area contributed by atoms with Gasteiger partial charge in [0, 0.05) is 6.04 Å². The molecule has 3 heteroatoms. The Kier molecular flexibility index (Phi) is 2.34. The Morgan fingerprint density at radius 2 is 2.00 bits per heavy atom. The normalized spacial score (nSPS) is 39.3. The fourth-order valence-electron chi connectivity index (χ4n) is 3.19. The Morgan fingerprint density at radius 1 is 1.40 bits per heavy atom. The first-order valence-corrected chi connectivity index (χ1v) is 5.93. The molecule has 0 bridgehead atoms. The van der Waals surface area contributed by atoms with Crippen LogP contribution in [0.4, 0.5) is 0 Å². The fraction of sp³-hybridized carbons (Fsp3) is 0.917. The summed E-state index contributed by atoms with van der Waals surface area (Å²) in [4.78, 5) is 11.7. The van der Waals surface area contributed by atoms with Crippen LogP contribution in [0.3, 0.4) is 0 Å². The topological polar surface area (TPSA) is 55.1 Å². The van der Waals surface area contributed by atoms with Gasteiger partial charge in [-0.05, 0) is 37.0 Å². The molecule has 0 saturated heterocycles. The van der Waals surface area contributed by atoms with Crippen LogP contribution in [0.1, 0.15) is 46.5 Å². The van der Waals surface area contributed by atoms with Gasteiger partial charge in [-0.3, -0.25) is 4.79 Å². The van der Waals surface area contributed by atoms with Gasteiger partial charge in [-0.25, -0.2) is 0 Å². The molecule has 0 spiro atoms. The van der Waals surface area contributed by atoms with E-state index in [1.165, 1.54) is 12.8 Å². The summed E-state index contributed by atoms with van der Waals surface area (Å²) in [7, 11) is 0. The largest absolute Gasteiger partial charge is 0.368 e. The molecule has 3 N–H and O–H groups in total. The number of hydrogen-bond acceptors (Lipinski definition) is 2. The molecular formula is C12H22N2O. The van der Waals surface area contributed by atoms with Crippen LogP contribution in [0.15, 0.2) is 0 Å². The molecule has 86 valence electrons. The first-order chi connectivity index (χ1) is 6.86. The third-order valence-electron chi connectivity index (χ3n) is 3.94. The first kappa shape index (κ1) is 10.9. The summed E-state index contributed by atoms with van der Waals surface area (Å²) in [6.45, 7) is 6.60. The van der Waals surface area contributed by atoms with Gasteiger partial charge < -0.3 is 11.1 Å². The zero-order valence-corrected chi connectivity index (χ0v) is 9.97. The van der Waals surface area contributed by atoms with E-state index < -0.39 is 5.54 Å². The van der Waals surface area contributed by atoms with Gasteiger partial charge in [-0.15, -0.1) is 0 Å². The first-order valence-electron chi connectivity index (χ1n) is 5.93. The lowest BCUT2D eigenvalue weighted by atomic mass is 9.85. The second-order valence-electron chi connectivity index (χ2n) is 6.20. The van der Waals surface area contributed by atoms with Crippen molar-refractivity contribution in [2.75, 3.05) is 0 Å². The van der Waals surface area contributed by atoms with Crippen LogP contribution in [0.2, 0.25) is 0 Å². The van der Waals surface area contributed by atoms with Crippen molar-refractivity contribution < 1.29 is 4.79 Å². The second kappa shape index (κ2) is 3.21. The third kappa shape index (κ3) is 1.89. The lowest BCUT2D eigenvalue weighted by molar-refractivity contribution is -0.126. The Bertz CT molecular complexity index is 283. The molecular weight excluding hydrogens is 188 g/mol. The van der Waals surface area contributed by atoms with Crippen molar-refractivity contribution >= 4 is 5.91 Å².